The highest BCUT2D eigenvalue weighted by Gasteiger charge is 2.37. The van der Waals surface area contributed by atoms with Gasteiger partial charge in [-0.15, -0.1) is 0 Å². The van der Waals surface area contributed by atoms with Gasteiger partial charge in [0.25, 0.3) is 0 Å². The summed E-state index contributed by atoms with van der Waals surface area (Å²) < 4.78 is 22.2. The quantitative estimate of drug-likeness (QED) is 0.535. The lowest BCUT2D eigenvalue weighted by molar-refractivity contribution is -0.0393. The molecule has 0 radical (unpaired) electrons. The molecule has 3 aromatic heterocycles. The first-order valence-electron chi connectivity index (χ1n) is 14.0. The van der Waals surface area contributed by atoms with Gasteiger partial charge < -0.3 is 24.0 Å². The molecule has 0 amide bonds. The number of anilines is 2. The van der Waals surface area contributed by atoms with Gasteiger partial charge in [0.2, 0.25) is 0 Å². The molecule has 8 heterocycles. The third kappa shape index (κ3) is 3.83. The second kappa shape index (κ2) is 8.68. The van der Waals surface area contributed by atoms with E-state index in [-0.39, 0.29) is 6.23 Å². The Hall–Kier alpha value is -2.69. The Balaban J connectivity index is 1.23. The Labute approximate surface area is 216 Å². The van der Waals surface area contributed by atoms with E-state index in [2.05, 4.69) is 21.9 Å². The molecule has 3 aromatic rings. The van der Waals surface area contributed by atoms with Gasteiger partial charge in [0.05, 0.1) is 30.1 Å². The van der Waals surface area contributed by atoms with E-state index in [1.807, 2.05) is 22.6 Å². The van der Waals surface area contributed by atoms with Gasteiger partial charge in [0.15, 0.2) is 0 Å². The lowest BCUT2D eigenvalue weighted by Crippen LogP contribution is -2.44. The third-order valence-electron chi connectivity index (χ3n) is 8.81. The predicted molar refractivity (Wildman–Crippen MR) is 139 cm³/mol. The zero-order valence-electron chi connectivity index (χ0n) is 21.5. The van der Waals surface area contributed by atoms with Crippen LogP contribution in [0.1, 0.15) is 51.2 Å². The molecule has 5 saturated heterocycles. The van der Waals surface area contributed by atoms with Gasteiger partial charge in [-0.05, 0) is 51.0 Å². The maximum Gasteiger partial charge on any atom is 0.150 e. The fourth-order valence-electron chi connectivity index (χ4n) is 6.99. The summed E-state index contributed by atoms with van der Waals surface area (Å²) >= 11 is 0. The summed E-state index contributed by atoms with van der Waals surface area (Å²) in [5.41, 5.74) is 4.87. The lowest BCUT2D eigenvalue weighted by Gasteiger charge is -2.36. The van der Waals surface area contributed by atoms with Gasteiger partial charge >= 0.3 is 0 Å². The van der Waals surface area contributed by atoms with Gasteiger partial charge in [-0.1, -0.05) is 0 Å². The molecule has 5 fully saturated rings. The number of aryl methyl sites for hydroxylation is 1. The van der Waals surface area contributed by atoms with E-state index < -0.39 is 0 Å². The van der Waals surface area contributed by atoms with Crippen LogP contribution in [0.2, 0.25) is 0 Å². The number of aromatic nitrogens is 5. The molecule has 0 saturated carbocycles. The van der Waals surface area contributed by atoms with Gasteiger partial charge in [0, 0.05) is 52.1 Å². The van der Waals surface area contributed by atoms with Crippen molar-refractivity contribution >= 4 is 22.5 Å². The summed E-state index contributed by atoms with van der Waals surface area (Å²) in [6, 6.07) is 4.34. The van der Waals surface area contributed by atoms with E-state index in [0.29, 0.717) is 24.4 Å². The summed E-state index contributed by atoms with van der Waals surface area (Å²) in [6.45, 7) is 4.41. The van der Waals surface area contributed by atoms with Crippen LogP contribution in [0.3, 0.4) is 0 Å². The lowest BCUT2D eigenvalue weighted by atomic mass is 10.2. The summed E-state index contributed by atoms with van der Waals surface area (Å²) in [7, 11) is 2.03. The summed E-state index contributed by atoms with van der Waals surface area (Å²) in [4.78, 5) is 10.2. The van der Waals surface area contributed by atoms with Gasteiger partial charge in [0.1, 0.15) is 34.5 Å². The maximum absolute atomic E-state index is 6.18. The summed E-state index contributed by atoms with van der Waals surface area (Å²) in [5.74, 6) is 1.02. The number of fused-ring (bicyclic) bond motifs is 5. The minimum absolute atomic E-state index is 0.00390. The molecule has 0 aromatic carbocycles. The standard InChI is InChI=1S/C27H35N7O3/c1-31-27-22(32-13-17-5-6-18(14-32)36-17)12-23(33-15-19-7-8-20(16-33)37-19)28-26(27)25(30-31)21-9-10-34(29-21)24-4-2-3-11-35-24/h9-10,12,17-20,24H,2-8,11,13-16H2,1H3. The van der Waals surface area contributed by atoms with Crippen molar-refractivity contribution in [3.63, 3.8) is 0 Å². The SMILES string of the molecule is Cn1nc(-c2ccn(C3CCCCO3)n2)c2nc(N3CC4CCC(C3)O4)cc(N3CC4CCC(C3)O4)c21. The fourth-order valence-corrected chi connectivity index (χ4v) is 6.99. The van der Waals surface area contributed by atoms with Gasteiger partial charge in [-0.2, -0.15) is 10.2 Å². The van der Waals surface area contributed by atoms with Crippen molar-refractivity contribution in [3.05, 3.63) is 18.3 Å². The van der Waals surface area contributed by atoms with Crippen LogP contribution in [0.5, 0.6) is 0 Å². The zero-order chi connectivity index (χ0) is 24.5. The molecule has 5 atom stereocenters. The largest absolute Gasteiger partial charge is 0.371 e. The highest BCUT2D eigenvalue weighted by molar-refractivity contribution is 5.98. The zero-order valence-corrected chi connectivity index (χ0v) is 21.5. The number of nitrogens with zero attached hydrogens (tertiary/aromatic N) is 7. The highest BCUT2D eigenvalue weighted by atomic mass is 16.5. The van der Waals surface area contributed by atoms with Gasteiger partial charge in [-0.25, -0.2) is 9.67 Å². The average molecular weight is 506 g/mol. The van der Waals surface area contributed by atoms with Crippen molar-refractivity contribution in [2.24, 2.45) is 7.05 Å². The Kier molecular flexibility index (Phi) is 5.23. The number of rotatable bonds is 4. The number of hydrogen-bond donors (Lipinski definition) is 0. The molecule has 0 aliphatic carbocycles. The van der Waals surface area contributed by atoms with Crippen LogP contribution < -0.4 is 9.80 Å². The van der Waals surface area contributed by atoms with E-state index in [1.165, 1.54) is 12.1 Å². The molecule has 10 heteroatoms. The Morgan fingerprint density at radius 2 is 1.54 bits per heavy atom. The minimum Gasteiger partial charge on any atom is -0.371 e. The summed E-state index contributed by atoms with van der Waals surface area (Å²) in [5, 5.41) is 9.92. The second-order valence-corrected chi connectivity index (χ2v) is 11.4. The normalized spacial score (nSPS) is 31.5. The Bertz CT molecular complexity index is 1290. The molecule has 0 spiro atoms. The number of ether oxygens (including phenoxy) is 3. The number of morpholine rings is 2. The van der Waals surface area contributed by atoms with Crippen molar-refractivity contribution in [1.29, 1.82) is 0 Å². The third-order valence-corrected chi connectivity index (χ3v) is 8.81. The van der Waals surface area contributed by atoms with Crippen LogP contribution in [-0.4, -0.2) is 81.7 Å². The topological polar surface area (TPSA) is 82.7 Å². The average Bonchev–Trinajstić information content (AvgIpc) is 3.70. The maximum atomic E-state index is 6.18. The van der Waals surface area contributed by atoms with Crippen LogP contribution >= 0.6 is 0 Å². The van der Waals surface area contributed by atoms with Crippen LogP contribution in [-0.2, 0) is 21.3 Å². The minimum atomic E-state index is 0.00390. The fraction of sp³-hybridized carbons (Fsp3) is 0.667. The van der Waals surface area contributed by atoms with Gasteiger partial charge in [-0.3, -0.25) is 4.68 Å². The van der Waals surface area contributed by atoms with E-state index >= 15 is 0 Å². The van der Waals surface area contributed by atoms with Crippen molar-refractivity contribution in [1.82, 2.24) is 24.5 Å². The molecular formula is C27H35N7O3. The molecule has 4 bridgehead atoms. The van der Waals surface area contributed by atoms with Crippen molar-refractivity contribution in [2.75, 3.05) is 42.6 Å². The molecule has 5 unspecified atom stereocenters. The molecule has 37 heavy (non-hydrogen) atoms. The molecule has 0 N–H and O–H groups in total. The van der Waals surface area contributed by atoms with Crippen LogP contribution in [0, 0.1) is 0 Å². The molecule has 196 valence electrons. The monoisotopic (exact) mass is 505 g/mol. The van der Waals surface area contributed by atoms with E-state index in [4.69, 9.17) is 29.4 Å². The molecule has 5 aliphatic heterocycles. The van der Waals surface area contributed by atoms with Crippen molar-refractivity contribution < 1.29 is 14.2 Å². The van der Waals surface area contributed by atoms with Crippen molar-refractivity contribution in [3.8, 4) is 11.4 Å². The van der Waals surface area contributed by atoms with Crippen LogP contribution in [0.15, 0.2) is 18.3 Å². The first-order chi connectivity index (χ1) is 18.2. The van der Waals surface area contributed by atoms with E-state index in [1.54, 1.807) is 0 Å². The Morgan fingerprint density at radius 3 is 2.22 bits per heavy atom. The first-order valence-corrected chi connectivity index (χ1v) is 14.0. The van der Waals surface area contributed by atoms with E-state index in [0.717, 1.165) is 99.5 Å². The first kappa shape index (κ1) is 22.3. The smallest absolute Gasteiger partial charge is 0.150 e. The summed E-state index contributed by atoms with van der Waals surface area (Å²) in [6.07, 6.45) is 11.1. The van der Waals surface area contributed by atoms with Crippen LogP contribution in [0.25, 0.3) is 22.4 Å². The second-order valence-electron chi connectivity index (χ2n) is 11.4. The molecule has 5 aliphatic rings. The highest BCUT2D eigenvalue weighted by Crippen LogP contribution is 2.39. The molecule has 8 rings (SSSR count). The predicted octanol–water partition coefficient (Wildman–Crippen LogP) is 3.27. The molecular weight excluding hydrogens is 470 g/mol. The molecule has 10 nitrogen and oxygen atoms in total. The van der Waals surface area contributed by atoms with Crippen molar-refractivity contribution in [2.45, 2.75) is 75.6 Å². The number of hydrogen-bond acceptors (Lipinski definition) is 8. The van der Waals surface area contributed by atoms with Crippen LogP contribution in [0.4, 0.5) is 11.5 Å². The Morgan fingerprint density at radius 1 is 0.838 bits per heavy atom. The van der Waals surface area contributed by atoms with E-state index in [9.17, 15) is 0 Å². The number of pyridine rings is 1.